The van der Waals surface area contributed by atoms with Gasteiger partial charge >= 0.3 is 0 Å². The van der Waals surface area contributed by atoms with Gasteiger partial charge in [0.1, 0.15) is 0 Å². The standard InChI is InChI=1S/C13H20BrNO3S/c1-13(2,3)9-15(4)19(17,18)12-7-10(8-16)5-6-11(12)14/h5-7,16H,8-9H2,1-4H3. The SMILES string of the molecule is CN(CC(C)(C)C)S(=O)(=O)c1cc(CO)ccc1Br. The first kappa shape index (κ1) is 16.6. The second-order valence-electron chi connectivity index (χ2n) is 5.74. The minimum absolute atomic E-state index is 0.122. The molecule has 0 bridgehead atoms. The summed E-state index contributed by atoms with van der Waals surface area (Å²) in [5.41, 5.74) is 0.453. The van der Waals surface area contributed by atoms with Crippen LogP contribution >= 0.6 is 15.9 Å². The maximum atomic E-state index is 12.5. The number of rotatable bonds is 4. The van der Waals surface area contributed by atoms with Gasteiger partial charge in [0.05, 0.1) is 11.5 Å². The molecule has 0 spiro atoms. The lowest BCUT2D eigenvalue weighted by Crippen LogP contribution is -2.34. The second-order valence-corrected chi connectivity index (χ2v) is 8.61. The second kappa shape index (κ2) is 5.91. The zero-order valence-corrected chi connectivity index (χ0v) is 14.0. The van der Waals surface area contributed by atoms with Gasteiger partial charge < -0.3 is 5.11 Å². The van der Waals surface area contributed by atoms with Crippen LogP contribution < -0.4 is 0 Å². The molecule has 0 amide bonds. The van der Waals surface area contributed by atoms with Crippen LogP contribution in [0, 0.1) is 5.41 Å². The summed E-state index contributed by atoms with van der Waals surface area (Å²) in [6.07, 6.45) is 0. The van der Waals surface area contributed by atoms with Gasteiger partial charge in [0.15, 0.2) is 0 Å². The largest absolute Gasteiger partial charge is 0.392 e. The Bertz CT molecular complexity index is 549. The molecule has 108 valence electrons. The summed E-state index contributed by atoms with van der Waals surface area (Å²) in [4.78, 5) is 0.186. The molecule has 1 rings (SSSR count). The van der Waals surface area contributed by atoms with Crippen LogP contribution in [0.2, 0.25) is 0 Å². The Morgan fingerprint density at radius 2 is 1.89 bits per heavy atom. The molecular weight excluding hydrogens is 330 g/mol. The molecule has 0 atom stereocenters. The molecule has 0 aliphatic rings. The highest BCUT2D eigenvalue weighted by atomic mass is 79.9. The monoisotopic (exact) mass is 349 g/mol. The topological polar surface area (TPSA) is 57.6 Å². The molecule has 6 heteroatoms. The average molecular weight is 350 g/mol. The summed E-state index contributed by atoms with van der Waals surface area (Å²) < 4.78 is 26.9. The Morgan fingerprint density at radius 3 is 2.37 bits per heavy atom. The number of aliphatic hydroxyl groups is 1. The molecule has 0 saturated heterocycles. The highest BCUT2D eigenvalue weighted by Gasteiger charge is 2.27. The number of sulfonamides is 1. The highest BCUT2D eigenvalue weighted by molar-refractivity contribution is 9.10. The van der Waals surface area contributed by atoms with E-state index in [9.17, 15) is 8.42 Å². The molecule has 0 fully saturated rings. The van der Waals surface area contributed by atoms with E-state index in [0.29, 0.717) is 16.6 Å². The van der Waals surface area contributed by atoms with Crippen molar-refractivity contribution in [2.45, 2.75) is 32.3 Å². The van der Waals surface area contributed by atoms with E-state index < -0.39 is 10.0 Å². The maximum absolute atomic E-state index is 12.5. The molecule has 0 aromatic heterocycles. The molecule has 0 heterocycles. The first-order valence-electron chi connectivity index (χ1n) is 5.93. The van der Waals surface area contributed by atoms with E-state index in [-0.39, 0.29) is 16.9 Å². The van der Waals surface area contributed by atoms with Gasteiger partial charge in [-0.2, -0.15) is 0 Å². The number of halogens is 1. The maximum Gasteiger partial charge on any atom is 0.243 e. The molecule has 1 N–H and O–H groups in total. The third-order valence-corrected chi connectivity index (χ3v) is 5.36. The molecule has 1 aromatic rings. The minimum atomic E-state index is -3.56. The van der Waals surface area contributed by atoms with Crippen LogP contribution in [0.3, 0.4) is 0 Å². The van der Waals surface area contributed by atoms with Crippen molar-refractivity contribution >= 4 is 26.0 Å². The van der Waals surface area contributed by atoms with E-state index in [0.717, 1.165) is 0 Å². The van der Waals surface area contributed by atoms with E-state index >= 15 is 0 Å². The van der Waals surface area contributed by atoms with E-state index in [4.69, 9.17) is 5.11 Å². The number of benzene rings is 1. The fraction of sp³-hybridized carbons (Fsp3) is 0.538. The van der Waals surface area contributed by atoms with E-state index in [2.05, 4.69) is 15.9 Å². The molecule has 0 radical (unpaired) electrons. The lowest BCUT2D eigenvalue weighted by Gasteiger charge is -2.26. The van der Waals surface area contributed by atoms with Gasteiger partial charge in [-0.15, -0.1) is 0 Å². The van der Waals surface area contributed by atoms with Crippen molar-refractivity contribution in [2.75, 3.05) is 13.6 Å². The molecule has 0 aliphatic heterocycles. The van der Waals surface area contributed by atoms with Crippen molar-refractivity contribution in [3.63, 3.8) is 0 Å². The smallest absolute Gasteiger partial charge is 0.243 e. The lowest BCUT2D eigenvalue weighted by atomic mass is 9.97. The Balaban J connectivity index is 3.20. The molecule has 19 heavy (non-hydrogen) atoms. The van der Waals surface area contributed by atoms with Gasteiger partial charge in [0.2, 0.25) is 10.0 Å². The summed E-state index contributed by atoms with van der Waals surface area (Å²) in [5.74, 6) is 0. The first-order valence-corrected chi connectivity index (χ1v) is 8.17. The van der Waals surface area contributed by atoms with Crippen molar-refractivity contribution in [2.24, 2.45) is 5.41 Å². The molecule has 4 nitrogen and oxygen atoms in total. The quantitative estimate of drug-likeness (QED) is 0.908. The Labute approximate surface area is 123 Å². The van der Waals surface area contributed by atoms with Crippen LogP contribution in [0.5, 0.6) is 0 Å². The summed E-state index contributed by atoms with van der Waals surface area (Å²) in [6.45, 7) is 6.19. The molecule has 0 unspecified atom stereocenters. The van der Waals surface area contributed by atoms with Gasteiger partial charge in [0, 0.05) is 18.1 Å². The third kappa shape index (κ3) is 4.27. The zero-order chi connectivity index (χ0) is 14.8. The molecule has 0 saturated carbocycles. The number of nitrogens with zero attached hydrogens (tertiary/aromatic N) is 1. The van der Waals surface area contributed by atoms with Gasteiger partial charge in [-0.3, -0.25) is 0 Å². The fourth-order valence-electron chi connectivity index (χ4n) is 1.76. The van der Waals surface area contributed by atoms with Crippen molar-refractivity contribution in [3.05, 3.63) is 28.2 Å². The zero-order valence-electron chi connectivity index (χ0n) is 11.6. The first-order chi connectivity index (χ1) is 8.58. The molecule has 1 aromatic carbocycles. The van der Waals surface area contributed by atoms with Crippen molar-refractivity contribution in [1.82, 2.24) is 4.31 Å². The number of hydrogen-bond acceptors (Lipinski definition) is 3. The predicted octanol–water partition coefficient (Wildman–Crippen LogP) is 2.61. The van der Waals surface area contributed by atoms with Crippen LogP contribution in [0.4, 0.5) is 0 Å². The van der Waals surface area contributed by atoms with Gasteiger partial charge in [-0.05, 0) is 39.0 Å². The van der Waals surface area contributed by atoms with Crippen molar-refractivity contribution in [3.8, 4) is 0 Å². The lowest BCUT2D eigenvalue weighted by molar-refractivity contribution is 0.281. The minimum Gasteiger partial charge on any atom is -0.392 e. The third-order valence-electron chi connectivity index (χ3n) is 2.56. The van der Waals surface area contributed by atoms with Gasteiger partial charge in [0.25, 0.3) is 0 Å². The summed E-state index contributed by atoms with van der Waals surface area (Å²) >= 11 is 3.26. The Hall–Kier alpha value is -0.430. The normalized spacial score (nSPS) is 13.0. The van der Waals surface area contributed by atoms with Crippen LogP contribution in [0.1, 0.15) is 26.3 Å². The fourth-order valence-corrected chi connectivity index (χ4v) is 4.13. The van der Waals surface area contributed by atoms with Crippen LogP contribution in [0.15, 0.2) is 27.6 Å². The summed E-state index contributed by atoms with van der Waals surface area (Å²) in [7, 11) is -1.99. The number of hydrogen-bond donors (Lipinski definition) is 1. The van der Waals surface area contributed by atoms with Gasteiger partial charge in [-0.25, -0.2) is 12.7 Å². The molecule has 0 aliphatic carbocycles. The van der Waals surface area contributed by atoms with Crippen molar-refractivity contribution in [1.29, 1.82) is 0 Å². The van der Waals surface area contributed by atoms with E-state index in [1.165, 1.54) is 10.4 Å². The van der Waals surface area contributed by atoms with E-state index in [1.807, 2.05) is 20.8 Å². The van der Waals surface area contributed by atoms with E-state index in [1.54, 1.807) is 19.2 Å². The highest BCUT2D eigenvalue weighted by Crippen LogP contribution is 2.27. The van der Waals surface area contributed by atoms with Crippen molar-refractivity contribution < 1.29 is 13.5 Å². The predicted molar refractivity (Wildman–Crippen MR) is 79.3 cm³/mol. The number of aliphatic hydroxyl groups excluding tert-OH is 1. The van der Waals surface area contributed by atoms with Crippen LogP contribution in [0.25, 0.3) is 0 Å². The summed E-state index contributed by atoms with van der Waals surface area (Å²) in [5, 5.41) is 9.12. The van der Waals surface area contributed by atoms with Gasteiger partial charge in [-0.1, -0.05) is 26.8 Å². The van der Waals surface area contributed by atoms with Crippen LogP contribution in [-0.2, 0) is 16.6 Å². The summed E-state index contributed by atoms with van der Waals surface area (Å²) in [6, 6.07) is 4.83. The van der Waals surface area contributed by atoms with Crippen LogP contribution in [-0.4, -0.2) is 31.4 Å². The Kier molecular flexibility index (Phi) is 5.17. The molecular formula is C13H20BrNO3S. The average Bonchev–Trinajstić information content (AvgIpc) is 2.27. The Morgan fingerprint density at radius 1 is 1.32 bits per heavy atom.